The first-order valence-corrected chi connectivity index (χ1v) is 18.4. The Hall–Kier alpha value is -2.09. The lowest BCUT2D eigenvalue weighted by Gasteiger charge is -2.59. The minimum Gasteiger partial charge on any atom is -0.428 e. The van der Waals surface area contributed by atoms with Gasteiger partial charge in [0.15, 0.2) is 5.78 Å². The molecule has 7 nitrogen and oxygen atoms in total. The molecule has 3 saturated carbocycles. The van der Waals surface area contributed by atoms with Crippen LogP contribution in [0.25, 0.3) is 0 Å². The topological polar surface area (TPSA) is 121 Å². The number of hydrogen-bond donors (Lipinski definition) is 3. The summed E-state index contributed by atoms with van der Waals surface area (Å²) >= 11 is 0. The second-order valence-electron chi connectivity index (χ2n) is 15.2. The molecule has 0 spiro atoms. The van der Waals surface area contributed by atoms with E-state index in [1.807, 2.05) is 13.0 Å². The molecule has 0 aliphatic heterocycles. The molecule has 0 bridgehead atoms. The van der Waals surface area contributed by atoms with E-state index in [4.69, 9.17) is 4.74 Å². The van der Waals surface area contributed by atoms with E-state index in [0.717, 1.165) is 50.5 Å². The molecule has 0 saturated heterocycles. The van der Waals surface area contributed by atoms with Gasteiger partial charge >= 0.3 is 5.97 Å². The number of aliphatic hydroxyl groups excluding tert-OH is 2. The zero-order valence-corrected chi connectivity index (χ0v) is 28.7. The SMILES string of the molecule is CCCCCCCC/C=C/CCCCCCCC(=O)OC(O)C(=O)[C@@]1(O)CC[C@H]2[C@@H]3CCC4=CC(=O)C=C[C@]4(C)[C@H]3C(O)C[C@@]21C. The first-order valence-electron chi connectivity index (χ1n) is 18.4. The van der Waals surface area contributed by atoms with E-state index in [0.29, 0.717) is 12.8 Å². The molecule has 3 N–H and O–H groups in total. The van der Waals surface area contributed by atoms with Crippen LogP contribution >= 0.6 is 0 Å². The molecule has 2 unspecified atom stereocenters. The largest absolute Gasteiger partial charge is 0.428 e. The maximum atomic E-state index is 13.5. The Bertz CT molecular complexity index is 1150. The molecular weight excluding hydrogens is 580 g/mol. The van der Waals surface area contributed by atoms with Gasteiger partial charge in [0.25, 0.3) is 6.29 Å². The van der Waals surface area contributed by atoms with Gasteiger partial charge < -0.3 is 20.1 Å². The van der Waals surface area contributed by atoms with E-state index < -0.39 is 40.6 Å². The van der Waals surface area contributed by atoms with Gasteiger partial charge in [-0.1, -0.05) is 95.9 Å². The van der Waals surface area contributed by atoms with E-state index in [1.165, 1.54) is 44.9 Å². The molecule has 4 rings (SSSR count). The van der Waals surface area contributed by atoms with Crippen molar-refractivity contribution in [1.29, 1.82) is 0 Å². The van der Waals surface area contributed by atoms with Crippen LogP contribution in [0.5, 0.6) is 0 Å². The van der Waals surface area contributed by atoms with Gasteiger partial charge in [-0.2, -0.15) is 0 Å². The van der Waals surface area contributed by atoms with Crippen molar-refractivity contribution in [1.82, 2.24) is 0 Å². The van der Waals surface area contributed by atoms with Gasteiger partial charge in [-0.25, -0.2) is 0 Å². The summed E-state index contributed by atoms with van der Waals surface area (Å²) in [6.45, 7) is 6.17. The Morgan fingerprint density at radius 1 is 0.978 bits per heavy atom. The first kappa shape index (κ1) is 36.7. The van der Waals surface area contributed by atoms with Crippen molar-refractivity contribution >= 4 is 17.5 Å². The molecule has 4 aliphatic rings. The highest BCUT2D eigenvalue weighted by Gasteiger charge is 2.69. The molecule has 0 amide bonds. The smallest absolute Gasteiger partial charge is 0.308 e. The molecule has 0 aromatic rings. The van der Waals surface area contributed by atoms with Crippen LogP contribution < -0.4 is 0 Å². The molecule has 258 valence electrons. The third-order valence-electron chi connectivity index (χ3n) is 12.2. The van der Waals surface area contributed by atoms with Crippen molar-refractivity contribution in [2.24, 2.45) is 28.6 Å². The molecule has 4 aliphatic carbocycles. The van der Waals surface area contributed by atoms with Crippen molar-refractivity contribution in [3.63, 3.8) is 0 Å². The van der Waals surface area contributed by atoms with E-state index in [9.17, 15) is 29.7 Å². The fourth-order valence-corrected chi connectivity index (χ4v) is 9.52. The normalized spacial score (nSPS) is 34.1. The van der Waals surface area contributed by atoms with Crippen LogP contribution in [0.15, 0.2) is 36.0 Å². The number of ketones is 2. The van der Waals surface area contributed by atoms with Crippen molar-refractivity contribution in [2.75, 3.05) is 0 Å². The Morgan fingerprint density at radius 2 is 1.61 bits per heavy atom. The zero-order valence-electron chi connectivity index (χ0n) is 28.7. The van der Waals surface area contributed by atoms with Gasteiger partial charge in [-0.05, 0) is 88.2 Å². The third-order valence-corrected chi connectivity index (χ3v) is 12.2. The van der Waals surface area contributed by atoms with Gasteiger partial charge in [0.1, 0.15) is 5.60 Å². The second kappa shape index (κ2) is 16.3. The molecule has 0 aromatic carbocycles. The fourth-order valence-electron chi connectivity index (χ4n) is 9.52. The lowest BCUT2D eigenvalue weighted by Crippen LogP contribution is -2.62. The van der Waals surface area contributed by atoms with Gasteiger partial charge in [0.05, 0.1) is 6.10 Å². The molecule has 3 fully saturated rings. The number of fused-ring (bicyclic) bond motifs is 5. The Morgan fingerprint density at radius 3 is 2.28 bits per heavy atom. The lowest BCUT2D eigenvalue weighted by atomic mass is 9.46. The van der Waals surface area contributed by atoms with Crippen LogP contribution in [0.4, 0.5) is 0 Å². The number of ether oxygens (including phenoxy) is 1. The zero-order chi connectivity index (χ0) is 33.4. The molecule has 7 heteroatoms. The molecule has 0 heterocycles. The Balaban J connectivity index is 1.18. The summed E-state index contributed by atoms with van der Waals surface area (Å²) in [5.41, 5.74) is -2.27. The number of hydrogen-bond acceptors (Lipinski definition) is 7. The number of allylic oxidation sites excluding steroid dienone is 6. The minimum atomic E-state index is -2.03. The highest BCUT2D eigenvalue weighted by molar-refractivity contribution is 6.01. The lowest BCUT2D eigenvalue weighted by molar-refractivity contribution is -0.203. The van der Waals surface area contributed by atoms with Crippen LogP contribution in [0.2, 0.25) is 0 Å². The van der Waals surface area contributed by atoms with Crippen molar-refractivity contribution in [2.45, 2.75) is 161 Å². The summed E-state index contributed by atoms with van der Waals surface area (Å²) in [7, 11) is 0. The van der Waals surface area contributed by atoms with E-state index >= 15 is 0 Å². The Labute approximate surface area is 276 Å². The van der Waals surface area contributed by atoms with Crippen molar-refractivity contribution in [3.8, 4) is 0 Å². The number of carbonyl (C=O) groups excluding carboxylic acids is 3. The predicted octanol–water partition coefficient (Wildman–Crippen LogP) is 7.46. The summed E-state index contributed by atoms with van der Waals surface area (Å²) in [5.74, 6) is -1.66. The highest BCUT2D eigenvalue weighted by Crippen LogP contribution is 2.67. The van der Waals surface area contributed by atoms with Crippen LogP contribution in [-0.4, -0.2) is 50.9 Å². The predicted molar refractivity (Wildman–Crippen MR) is 180 cm³/mol. The number of rotatable bonds is 18. The second-order valence-corrected chi connectivity index (χ2v) is 15.2. The van der Waals surface area contributed by atoms with Gasteiger partial charge in [-0.15, -0.1) is 0 Å². The average molecular weight is 641 g/mol. The summed E-state index contributed by atoms with van der Waals surface area (Å²) in [5, 5.41) is 34.1. The number of esters is 1. The first-order chi connectivity index (χ1) is 22.0. The summed E-state index contributed by atoms with van der Waals surface area (Å²) in [6.07, 6.45) is 24.5. The highest BCUT2D eigenvalue weighted by atomic mass is 16.6. The van der Waals surface area contributed by atoms with Crippen molar-refractivity contribution < 1.29 is 34.4 Å². The van der Waals surface area contributed by atoms with Crippen LogP contribution in [-0.2, 0) is 19.1 Å². The van der Waals surface area contributed by atoms with E-state index in [2.05, 4.69) is 26.0 Å². The van der Waals surface area contributed by atoms with Crippen LogP contribution in [0.3, 0.4) is 0 Å². The monoisotopic (exact) mass is 640 g/mol. The van der Waals surface area contributed by atoms with Gasteiger partial charge in [0.2, 0.25) is 5.78 Å². The average Bonchev–Trinajstić information content (AvgIpc) is 3.29. The van der Waals surface area contributed by atoms with Crippen LogP contribution in [0.1, 0.15) is 143 Å². The molecule has 8 atom stereocenters. The number of carbonyl (C=O) groups is 3. The Kier molecular flexibility index (Phi) is 13.1. The summed E-state index contributed by atoms with van der Waals surface area (Å²) < 4.78 is 5.15. The third kappa shape index (κ3) is 7.95. The molecule has 46 heavy (non-hydrogen) atoms. The fraction of sp³-hybridized carbons (Fsp3) is 0.769. The van der Waals surface area contributed by atoms with Gasteiger partial charge in [-0.3, -0.25) is 14.4 Å². The van der Waals surface area contributed by atoms with E-state index in [-0.39, 0.29) is 42.8 Å². The van der Waals surface area contributed by atoms with Gasteiger partial charge in [0, 0.05) is 23.2 Å². The quantitative estimate of drug-likeness (QED) is 0.0615. The number of unbranched alkanes of at least 4 members (excludes halogenated alkanes) is 11. The molecular formula is C39H60O7. The minimum absolute atomic E-state index is 0.0253. The summed E-state index contributed by atoms with van der Waals surface area (Å²) in [6, 6.07) is 0. The molecule has 0 aromatic heterocycles. The number of aliphatic hydroxyl groups is 3. The maximum absolute atomic E-state index is 13.5. The van der Waals surface area contributed by atoms with E-state index in [1.54, 1.807) is 12.2 Å². The standard InChI is InChI=1S/C39H60O7/c1-4-5-6-7-8-9-10-11-12-13-14-15-16-17-18-19-33(42)46-36(44)35(43)39(45)25-23-31-30-21-20-28-26-29(40)22-24-37(28,2)34(30)32(41)27-38(31,39)3/h11-12,22,24,26,30-32,34,36,41,44-45H,4-10,13-21,23,25,27H2,1-3H3/b12-11+/t30-,31-,32?,34+,36?,37-,38-,39-/m0/s1. The number of Topliss-reactive ketones (excluding diaryl/α,β-unsaturated/α-hetero) is 1. The van der Waals surface area contributed by atoms with Crippen molar-refractivity contribution in [3.05, 3.63) is 36.0 Å². The maximum Gasteiger partial charge on any atom is 0.308 e. The summed E-state index contributed by atoms with van der Waals surface area (Å²) in [4.78, 5) is 38.1. The van der Waals surface area contributed by atoms with Crippen LogP contribution in [0, 0.1) is 28.6 Å². The molecule has 0 radical (unpaired) electrons.